The third-order valence-electron chi connectivity index (χ3n) is 4.42. The lowest BCUT2D eigenvalue weighted by Crippen LogP contribution is -2.61. The molecule has 0 aromatic heterocycles. The number of ether oxygens (including phenoxy) is 1. The number of nitrogens with zero attached hydrogens (tertiary/aromatic N) is 1. The third-order valence-corrected chi connectivity index (χ3v) is 4.77. The molecule has 8 heteroatoms. The van der Waals surface area contributed by atoms with Gasteiger partial charge in [0.2, 0.25) is 11.8 Å². The molecule has 136 valence electrons. The predicted octanol–water partition coefficient (Wildman–Crippen LogP) is 1.69. The molecule has 0 aliphatic carbocycles. The summed E-state index contributed by atoms with van der Waals surface area (Å²) in [5, 5.41) is 2.82. The van der Waals surface area contributed by atoms with Crippen molar-refractivity contribution in [2.24, 2.45) is 0 Å². The minimum Gasteiger partial charge on any atom is -0.467 e. The Bertz CT molecular complexity index is 667. The number of hydrogen-bond acceptors (Lipinski definition) is 4. The van der Waals surface area contributed by atoms with E-state index in [0.29, 0.717) is 13.1 Å². The number of nitrogens with one attached hydrogen (secondary N) is 1. The van der Waals surface area contributed by atoms with Crippen molar-refractivity contribution >= 4 is 29.4 Å². The van der Waals surface area contributed by atoms with Crippen LogP contribution in [0.1, 0.15) is 25.3 Å². The summed E-state index contributed by atoms with van der Waals surface area (Å²) in [7, 11) is 1.24. The van der Waals surface area contributed by atoms with Crippen LogP contribution in [0.4, 0.5) is 4.39 Å². The SMILES string of the molecule is COC(=O)C1(NC(=O)Cc2c(F)cccc2Cl)CCN(C(C)=O)CC1. The number of halogens is 2. The fourth-order valence-corrected chi connectivity index (χ4v) is 3.18. The first-order valence-corrected chi connectivity index (χ1v) is 8.24. The van der Waals surface area contributed by atoms with Crippen LogP contribution in [0.3, 0.4) is 0 Å². The summed E-state index contributed by atoms with van der Waals surface area (Å²) in [6, 6.07) is 4.16. The van der Waals surface area contributed by atoms with Crippen molar-refractivity contribution < 1.29 is 23.5 Å². The van der Waals surface area contributed by atoms with Crippen LogP contribution < -0.4 is 5.32 Å². The Morgan fingerprint density at radius 2 is 1.96 bits per heavy atom. The van der Waals surface area contributed by atoms with Gasteiger partial charge in [-0.25, -0.2) is 9.18 Å². The Morgan fingerprint density at radius 3 is 2.48 bits per heavy atom. The number of methoxy groups -OCH3 is 1. The molecule has 1 aromatic carbocycles. The van der Waals surface area contributed by atoms with Crippen LogP contribution in [0.15, 0.2) is 18.2 Å². The van der Waals surface area contributed by atoms with Gasteiger partial charge in [-0.15, -0.1) is 0 Å². The molecule has 25 heavy (non-hydrogen) atoms. The Balaban J connectivity index is 2.14. The first kappa shape index (κ1) is 19.2. The van der Waals surface area contributed by atoms with Gasteiger partial charge in [-0.05, 0) is 25.0 Å². The van der Waals surface area contributed by atoms with E-state index >= 15 is 0 Å². The Labute approximate surface area is 150 Å². The van der Waals surface area contributed by atoms with E-state index < -0.39 is 23.2 Å². The highest BCUT2D eigenvalue weighted by molar-refractivity contribution is 6.31. The van der Waals surface area contributed by atoms with Gasteiger partial charge in [-0.2, -0.15) is 0 Å². The van der Waals surface area contributed by atoms with Crippen LogP contribution in [0, 0.1) is 5.82 Å². The zero-order valence-electron chi connectivity index (χ0n) is 14.1. The molecule has 1 aromatic rings. The zero-order valence-corrected chi connectivity index (χ0v) is 14.9. The molecule has 0 saturated carbocycles. The van der Waals surface area contributed by atoms with Gasteiger partial charge >= 0.3 is 5.97 Å². The number of amides is 2. The van der Waals surface area contributed by atoms with Gasteiger partial charge in [0.1, 0.15) is 11.4 Å². The summed E-state index contributed by atoms with van der Waals surface area (Å²) in [5.41, 5.74) is -1.15. The Kier molecular flexibility index (Phi) is 6.00. The number of carbonyl (C=O) groups excluding carboxylic acids is 3. The fourth-order valence-electron chi connectivity index (χ4n) is 2.95. The summed E-state index contributed by atoms with van der Waals surface area (Å²) in [4.78, 5) is 37.7. The molecule has 0 spiro atoms. The van der Waals surface area contributed by atoms with E-state index in [2.05, 4.69) is 5.32 Å². The van der Waals surface area contributed by atoms with Gasteiger partial charge in [0.25, 0.3) is 0 Å². The second-order valence-electron chi connectivity index (χ2n) is 6.00. The van der Waals surface area contributed by atoms with Crippen LogP contribution >= 0.6 is 11.6 Å². The number of piperidine rings is 1. The second kappa shape index (κ2) is 7.82. The molecule has 1 saturated heterocycles. The van der Waals surface area contributed by atoms with E-state index in [1.54, 1.807) is 4.90 Å². The molecular weight excluding hydrogens is 351 g/mol. The molecule has 0 bridgehead atoms. The van der Waals surface area contributed by atoms with Crippen molar-refractivity contribution in [2.45, 2.75) is 31.7 Å². The maximum absolute atomic E-state index is 13.8. The van der Waals surface area contributed by atoms with Crippen molar-refractivity contribution in [1.29, 1.82) is 0 Å². The molecule has 2 amide bonds. The quantitative estimate of drug-likeness (QED) is 0.818. The first-order valence-electron chi connectivity index (χ1n) is 7.87. The summed E-state index contributed by atoms with van der Waals surface area (Å²) in [6.45, 7) is 2.10. The normalized spacial score (nSPS) is 16.2. The Morgan fingerprint density at radius 1 is 1.32 bits per heavy atom. The maximum Gasteiger partial charge on any atom is 0.331 e. The van der Waals surface area contributed by atoms with Gasteiger partial charge in [0, 0.05) is 30.6 Å². The smallest absolute Gasteiger partial charge is 0.331 e. The average molecular weight is 371 g/mol. The van der Waals surface area contributed by atoms with Crippen molar-refractivity contribution in [3.05, 3.63) is 34.6 Å². The van der Waals surface area contributed by atoms with Crippen molar-refractivity contribution in [1.82, 2.24) is 10.2 Å². The molecule has 1 N–H and O–H groups in total. The number of rotatable bonds is 4. The standard InChI is InChI=1S/C17H20ClFN2O4/c1-11(22)21-8-6-17(7-9-21,16(24)25-2)20-15(23)10-12-13(18)4-3-5-14(12)19/h3-5H,6-10H2,1-2H3,(H,20,23). The highest BCUT2D eigenvalue weighted by atomic mass is 35.5. The van der Waals surface area contributed by atoms with Gasteiger partial charge in [-0.1, -0.05) is 17.7 Å². The lowest BCUT2D eigenvalue weighted by atomic mass is 9.87. The summed E-state index contributed by atoms with van der Waals surface area (Å²) < 4.78 is 18.7. The monoisotopic (exact) mass is 370 g/mol. The third kappa shape index (κ3) is 4.28. The predicted molar refractivity (Wildman–Crippen MR) is 89.5 cm³/mol. The summed E-state index contributed by atoms with van der Waals surface area (Å²) >= 11 is 5.94. The molecule has 1 aliphatic rings. The lowest BCUT2D eigenvalue weighted by Gasteiger charge is -2.39. The minimum atomic E-state index is -1.23. The first-order chi connectivity index (χ1) is 11.8. The average Bonchev–Trinajstić information content (AvgIpc) is 2.58. The molecule has 0 unspecified atom stereocenters. The van der Waals surface area contributed by atoms with Gasteiger partial charge in [0.05, 0.1) is 13.5 Å². The van der Waals surface area contributed by atoms with Crippen LogP contribution in [-0.4, -0.2) is 48.4 Å². The Hall–Kier alpha value is -2.15. The largest absolute Gasteiger partial charge is 0.467 e. The lowest BCUT2D eigenvalue weighted by molar-refractivity contribution is -0.154. The molecule has 1 aliphatic heterocycles. The molecular formula is C17H20ClFN2O4. The molecule has 2 rings (SSSR count). The number of hydrogen-bond donors (Lipinski definition) is 1. The van der Waals surface area contributed by atoms with Crippen LogP contribution in [0.5, 0.6) is 0 Å². The van der Waals surface area contributed by atoms with E-state index in [-0.39, 0.29) is 35.8 Å². The van der Waals surface area contributed by atoms with Crippen LogP contribution in [-0.2, 0) is 25.5 Å². The van der Waals surface area contributed by atoms with Crippen molar-refractivity contribution in [3.63, 3.8) is 0 Å². The van der Waals surface area contributed by atoms with Crippen molar-refractivity contribution in [2.75, 3.05) is 20.2 Å². The summed E-state index contributed by atoms with van der Waals surface area (Å²) in [5.74, 6) is -1.79. The van der Waals surface area contributed by atoms with Gasteiger partial charge in [0.15, 0.2) is 0 Å². The molecule has 1 heterocycles. The highest BCUT2D eigenvalue weighted by Crippen LogP contribution is 2.25. The number of benzene rings is 1. The zero-order chi connectivity index (χ0) is 18.6. The van der Waals surface area contributed by atoms with E-state index in [4.69, 9.17) is 16.3 Å². The van der Waals surface area contributed by atoms with Gasteiger partial charge in [-0.3, -0.25) is 9.59 Å². The maximum atomic E-state index is 13.8. The molecule has 0 radical (unpaired) electrons. The number of esters is 1. The van der Waals surface area contributed by atoms with Crippen LogP contribution in [0.2, 0.25) is 5.02 Å². The van der Waals surface area contributed by atoms with E-state index in [1.807, 2.05) is 0 Å². The highest BCUT2D eigenvalue weighted by Gasteiger charge is 2.44. The molecule has 1 fully saturated rings. The second-order valence-corrected chi connectivity index (χ2v) is 6.41. The topological polar surface area (TPSA) is 75.7 Å². The van der Waals surface area contributed by atoms with E-state index in [1.165, 1.54) is 32.2 Å². The number of likely N-dealkylation sites (tertiary alicyclic amines) is 1. The molecule has 6 nitrogen and oxygen atoms in total. The van der Waals surface area contributed by atoms with Crippen LogP contribution in [0.25, 0.3) is 0 Å². The van der Waals surface area contributed by atoms with Crippen molar-refractivity contribution in [3.8, 4) is 0 Å². The van der Waals surface area contributed by atoms with E-state index in [9.17, 15) is 18.8 Å². The van der Waals surface area contributed by atoms with E-state index in [0.717, 1.165) is 0 Å². The summed E-state index contributed by atoms with van der Waals surface area (Å²) in [6.07, 6.45) is 0.173. The fraction of sp³-hybridized carbons (Fsp3) is 0.471. The minimum absolute atomic E-state index is 0.0721. The molecule has 0 atom stereocenters. The van der Waals surface area contributed by atoms with Gasteiger partial charge < -0.3 is 15.0 Å². The number of carbonyl (C=O) groups is 3.